The van der Waals surface area contributed by atoms with Crippen molar-refractivity contribution >= 4 is 33.1 Å². The zero-order valence-corrected chi connectivity index (χ0v) is 12.4. The molecule has 3 N–H and O–H groups in total. The summed E-state index contributed by atoms with van der Waals surface area (Å²) in [6.07, 6.45) is 0. The lowest BCUT2D eigenvalue weighted by Crippen LogP contribution is -2.23. The maximum atomic E-state index is 12.3. The SMILES string of the molecule is COc1ccc(NC(=O)c2c(O)c3sccc3[nH]c2=O)cc1. The molecule has 0 aliphatic heterocycles. The Morgan fingerprint density at radius 3 is 2.68 bits per heavy atom. The fourth-order valence-electron chi connectivity index (χ4n) is 2.08. The Morgan fingerprint density at radius 2 is 2.00 bits per heavy atom. The molecule has 3 rings (SSSR count). The van der Waals surface area contributed by atoms with Crippen molar-refractivity contribution in [3.63, 3.8) is 0 Å². The van der Waals surface area contributed by atoms with Crippen LogP contribution >= 0.6 is 11.3 Å². The number of aromatic nitrogens is 1. The van der Waals surface area contributed by atoms with Crippen LogP contribution in [0.4, 0.5) is 5.69 Å². The second kappa shape index (κ2) is 5.53. The third kappa shape index (κ3) is 2.42. The molecule has 0 fully saturated rings. The summed E-state index contributed by atoms with van der Waals surface area (Å²) in [6.45, 7) is 0. The third-order valence-electron chi connectivity index (χ3n) is 3.17. The molecule has 0 saturated heterocycles. The number of ether oxygens (including phenoxy) is 1. The van der Waals surface area contributed by atoms with E-state index in [1.807, 2.05) is 0 Å². The second-order valence-corrected chi connectivity index (χ2v) is 5.44. The number of aromatic hydroxyl groups is 1. The summed E-state index contributed by atoms with van der Waals surface area (Å²) in [6, 6.07) is 8.33. The number of nitrogens with one attached hydrogen (secondary N) is 2. The van der Waals surface area contributed by atoms with E-state index in [1.54, 1.807) is 42.8 Å². The molecule has 0 radical (unpaired) electrons. The minimum absolute atomic E-state index is 0.300. The highest BCUT2D eigenvalue weighted by molar-refractivity contribution is 7.17. The lowest BCUT2D eigenvalue weighted by molar-refractivity contribution is 0.102. The van der Waals surface area contributed by atoms with Crippen LogP contribution in [0.2, 0.25) is 0 Å². The second-order valence-electron chi connectivity index (χ2n) is 4.52. The van der Waals surface area contributed by atoms with Gasteiger partial charge in [-0.05, 0) is 35.7 Å². The van der Waals surface area contributed by atoms with Gasteiger partial charge >= 0.3 is 0 Å². The highest BCUT2D eigenvalue weighted by Crippen LogP contribution is 2.29. The summed E-state index contributed by atoms with van der Waals surface area (Å²) in [5.74, 6) is -0.322. The van der Waals surface area contributed by atoms with E-state index >= 15 is 0 Å². The Labute approximate surface area is 129 Å². The first-order chi connectivity index (χ1) is 10.6. The van der Waals surface area contributed by atoms with Crippen molar-refractivity contribution in [2.75, 3.05) is 12.4 Å². The van der Waals surface area contributed by atoms with E-state index in [9.17, 15) is 14.7 Å². The van der Waals surface area contributed by atoms with Crippen molar-refractivity contribution in [1.82, 2.24) is 4.98 Å². The fraction of sp³-hybridized carbons (Fsp3) is 0.0667. The highest BCUT2D eigenvalue weighted by atomic mass is 32.1. The van der Waals surface area contributed by atoms with Crippen LogP contribution in [0.5, 0.6) is 11.5 Å². The third-order valence-corrected chi connectivity index (χ3v) is 4.09. The quantitative estimate of drug-likeness (QED) is 0.692. The van der Waals surface area contributed by atoms with E-state index in [-0.39, 0.29) is 11.3 Å². The molecular formula is C15H12N2O4S. The molecule has 0 saturated carbocycles. The van der Waals surface area contributed by atoms with Crippen LogP contribution in [0.25, 0.3) is 10.2 Å². The number of fused-ring (bicyclic) bond motifs is 1. The molecule has 2 heterocycles. The summed E-state index contributed by atoms with van der Waals surface area (Å²) >= 11 is 1.25. The van der Waals surface area contributed by atoms with Crippen LogP contribution in [-0.2, 0) is 0 Å². The largest absolute Gasteiger partial charge is 0.505 e. The number of rotatable bonds is 3. The minimum Gasteiger partial charge on any atom is -0.505 e. The molecule has 1 amide bonds. The van der Waals surface area contributed by atoms with E-state index < -0.39 is 11.5 Å². The standard InChI is InChI=1S/C15H12N2O4S/c1-21-9-4-2-8(3-5-9)16-14(19)11-12(18)13-10(6-7-22-13)17-15(11)20/h2-7H,1H3,(H,16,19)(H2,17,18,20). The zero-order chi connectivity index (χ0) is 15.7. The number of carbonyl (C=O) groups is 1. The predicted molar refractivity (Wildman–Crippen MR) is 85.1 cm³/mol. The van der Waals surface area contributed by atoms with Crippen molar-refractivity contribution in [3.05, 3.63) is 51.6 Å². The number of aromatic amines is 1. The Hall–Kier alpha value is -2.80. The Balaban J connectivity index is 1.96. The fourth-order valence-corrected chi connectivity index (χ4v) is 2.88. The number of pyridine rings is 1. The number of anilines is 1. The summed E-state index contributed by atoms with van der Waals surface area (Å²) in [5, 5.41) is 14.5. The molecular weight excluding hydrogens is 304 g/mol. The molecule has 3 aromatic rings. The van der Waals surface area contributed by atoms with Gasteiger partial charge in [-0.2, -0.15) is 0 Å². The van der Waals surface area contributed by atoms with Gasteiger partial charge in [0.2, 0.25) is 0 Å². The van der Waals surface area contributed by atoms with Crippen molar-refractivity contribution in [1.29, 1.82) is 0 Å². The number of thiophene rings is 1. The van der Waals surface area contributed by atoms with Gasteiger partial charge in [-0.15, -0.1) is 11.3 Å². The van der Waals surface area contributed by atoms with Gasteiger partial charge in [-0.1, -0.05) is 0 Å². The van der Waals surface area contributed by atoms with Gasteiger partial charge in [0.15, 0.2) is 5.75 Å². The van der Waals surface area contributed by atoms with E-state index in [4.69, 9.17) is 4.74 Å². The van der Waals surface area contributed by atoms with Crippen LogP contribution in [0.15, 0.2) is 40.5 Å². The predicted octanol–water partition coefficient (Wildman–Crippen LogP) is 2.56. The number of hydrogen-bond donors (Lipinski definition) is 3. The normalized spacial score (nSPS) is 10.6. The van der Waals surface area contributed by atoms with Gasteiger partial charge in [0.05, 0.1) is 17.3 Å². The smallest absolute Gasteiger partial charge is 0.265 e. The van der Waals surface area contributed by atoms with E-state index in [2.05, 4.69) is 10.3 Å². The first-order valence-electron chi connectivity index (χ1n) is 6.38. The first kappa shape index (κ1) is 14.2. The molecule has 0 bridgehead atoms. The van der Waals surface area contributed by atoms with Gasteiger partial charge in [0.1, 0.15) is 11.3 Å². The Kier molecular flexibility index (Phi) is 3.56. The van der Waals surface area contributed by atoms with Gasteiger partial charge in [0, 0.05) is 5.69 Å². The number of hydrogen-bond acceptors (Lipinski definition) is 5. The monoisotopic (exact) mass is 316 g/mol. The summed E-state index contributed by atoms with van der Waals surface area (Å²) < 4.78 is 5.50. The molecule has 0 unspecified atom stereocenters. The molecule has 2 aromatic heterocycles. The van der Waals surface area contributed by atoms with Gasteiger partial charge in [-0.25, -0.2) is 0 Å². The average molecular weight is 316 g/mol. The zero-order valence-electron chi connectivity index (χ0n) is 11.5. The molecule has 112 valence electrons. The van der Waals surface area contributed by atoms with Crippen molar-refractivity contribution in [3.8, 4) is 11.5 Å². The van der Waals surface area contributed by atoms with Crippen LogP contribution in [0.3, 0.4) is 0 Å². The first-order valence-corrected chi connectivity index (χ1v) is 7.26. The molecule has 0 aliphatic rings. The number of carbonyl (C=O) groups excluding carboxylic acids is 1. The van der Waals surface area contributed by atoms with Crippen LogP contribution < -0.4 is 15.6 Å². The van der Waals surface area contributed by atoms with E-state index in [1.165, 1.54) is 11.3 Å². The number of H-pyrrole nitrogens is 1. The molecule has 6 nitrogen and oxygen atoms in total. The van der Waals surface area contributed by atoms with Crippen LogP contribution in [-0.4, -0.2) is 23.1 Å². The van der Waals surface area contributed by atoms with E-state index in [0.29, 0.717) is 21.7 Å². The topological polar surface area (TPSA) is 91.4 Å². The summed E-state index contributed by atoms with van der Waals surface area (Å²) in [7, 11) is 1.54. The minimum atomic E-state index is -0.667. The van der Waals surface area contributed by atoms with E-state index in [0.717, 1.165) is 0 Å². The number of benzene rings is 1. The van der Waals surface area contributed by atoms with Crippen molar-refractivity contribution < 1.29 is 14.6 Å². The average Bonchev–Trinajstić information content (AvgIpc) is 2.96. The Bertz CT molecular complexity index is 896. The highest BCUT2D eigenvalue weighted by Gasteiger charge is 2.19. The van der Waals surface area contributed by atoms with Crippen LogP contribution in [0.1, 0.15) is 10.4 Å². The van der Waals surface area contributed by atoms with Gasteiger partial charge in [-0.3, -0.25) is 9.59 Å². The summed E-state index contributed by atoms with van der Waals surface area (Å²) in [5.41, 5.74) is 0.0737. The molecule has 0 aliphatic carbocycles. The van der Waals surface area contributed by atoms with Crippen LogP contribution in [0, 0.1) is 0 Å². The lowest BCUT2D eigenvalue weighted by Gasteiger charge is -2.07. The van der Waals surface area contributed by atoms with Crippen molar-refractivity contribution in [2.24, 2.45) is 0 Å². The lowest BCUT2D eigenvalue weighted by atomic mass is 10.2. The number of methoxy groups -OCH3 is 1. The van der Waals surface area contributed by atoms with Gasteiger partial charge < -0.3 is 20.1 Å². The number of amides is 1. The molecule has 7 heteroatoms. The molecule has 0 atom stereocenters. The maximum absolute atomic E-state index is 12.3. The Morgan fingerprint density at radius 1 is 1.27 bits per heavy atom. The molecule has 22 heavy (non-hydrogen) atoms. The van der Waals surface area contributed by atoms with Crippen molar-refractivity contribution in [2.45, 2.75) is 0 Å². The molecule has 1 aromatic carbocycles. The molecule has 0 spiro atoms. The summed E-state index contributed by atoms with van der Waals surface area (Å²) in [4.78, 5) is 26.8. The van der Waals surface area contributed by atoms with Gasteiger partial charge in [0.25, 0.3) is 11.5 Å². The maximum Gasteiger partial charge on any atom is 0.265 e.